The molecule has 0 saturated carbocycles. The zero-order chi connectivity index (χ0) is 21.9. The molecule has 1 aliphatic heterocycles. The summed E-state index contributed by atoms with van der Waals surface area (Å²) in [5, 5.41) is 16.6. The van der Waals surface area contributed by atoms with Crippen LogP contribution >= 0.6 is 0 Å². The van der Waals surface area contributed by atoms with Gasteiger partial charge >= 0.3 is 0 Å². The molecular weight excluding hydrogens is 394 g/mol. The van der Waals surface area contributed by atoms with E-state index < -0.39 is 0 Å². The first kappa shape index (κ1) is 20.0. The van der Waals surface area contributed by atoms with Crippen molar-refractivity contribution in [2.75, 3.05) is 9.91 Å². The molecule has 5 rings (SSSR count). The summed E-state index contributed by atoms with van der Waals surface area (Å²) < 4.78 is 0. The van der Waals surface area contributed by atoms with E-state index >= 15 is 0 Å². The monoisotopic (exact) mass is 419 g/mol. The van der Waals surface area contributed by atoms with Crippen molar-refractivity contribution in [2.45, 2.75) is 19.6 Å². The fraction of sp³-hybridized carbons (Fsp3) is 0.107. The lowest BCUT2D eigenvalue weighted by Crippen LogP contribution is -2.39. The van der Waals surface area contributed by atoms with E-state index in [4.69, 9.17) is 5.10 Å². The maximum absolute atomic E-state index is 9.44. The molecule has 1 aliphatic rings. The Balaban J connectivity index is 1.68. The second-order valence-corrected chi connectivity index (χ2v) is 7.87. The predicted molar refractivity (Wildman–Crippen MR) is 131 cm³/mol. The first-order chi connectivity index (χ1) is 15.8. The molecule has 0 amide bonds. The second-order valence-electron chi connectivity index (χ2n) is 7.87. The highest BCUT2D eigenvalue weighted by Gasteiger charge is 2.31. The van der Waals surface area contributed by atoms with Crippen LogP contribution in [0.3, 0.4) is 0 Å². The van der Waals surface area contributed by atoms with E-state index in [-0.39, 0.29) is 12.6 Å². The summed E-state index contributed by atoms with van der Waals surface area (Å²) in [4.78, 5) is 2.30. The van der Waals surface area contributed by atoms with E-state index in [1.165, 1.54) is 0 Å². The van der Waals surface area contributed by atoms with E-state index in [0.717, 1.165) is 39.6 Å². The van der Waals surface area contributed by atoms with E-state index in [2.05, 4.69) is 72.5 Å². The normalized spacial score (nSPS) is 14.0. The fourth-order valence-electron chi connectivity index (χ4n) is 4.15. The molecule has 0 radical (unpaired) electrons. The zero-order valence-electron chi connectivity index (χ0n) is 18.0. The highest BCUT2D eigenvalue weighted by molar-refractivity contribution is 6.14. The molecule has 4 aromatic rings. The quantitative estimate of drug-likeness (QED) is 0.415. The average molecular weight is 420 g/mol. The lowest BCUT2D eigenvalue weighted by Gasteiger charge is -2.40. The van der Waals surface area contributed by atoms with Gasteiger partial charge in [-0.3, -0.25) is 0 Å². The highest BCUT2D eigenvalue weighted by Crippen LogP contribution is 2.42. The van der Waals surface area contributed by atoms with Crippen LogP contribution in [-0.2, 0) is 6.61 Å². The molecule has 1 unspecified atom stereocenters. The Morgan fingerprint density at radius 1 is 0.719 bits per heavy atom. The van der Waals surface area contributed by atoms with Crippen LogP contribution in [0.25, 0.3) is 0 Å². The molecule has 158 valence electrons. The maximum Gasteiger partial charge on any atom is 0.161 e. The first-order valence-corrected chi connectivity index (χ1v) is 10.8. The third-order valence-corrected chi connectivity index (χ3v) is 5.86. The number of benzene rings is 4. The van der Waals surface area contributed by atoms with Crippen LogP contribution in [0.1, 0.15) is 29.7 Å². The predicted octanol–water partition coefficient (Wildman–Crippen LogP) is 6.26. The summed E-state index contributed by atoms with van der Waals surface area (Å²) >= 11 is 0. The standard InChI is InChI=1S/C28H25N3O/c1-21(23-18-16-22(20-32)17-19-23)30-26-14-8-9-15-27(26)31(25-12-6-3-7-13-25)29-28(30)24-10-4-2-5-11-24/h2-19,21,32H,20H2,1H3. The van der Waals surface area contributed by atoms with Gasteiger partial charge in [-0.1, -0.05) is 84.9 Å². The first-order valence-electron chi connectivity index (χ1n) is 10.8. The number of anilines is 3. The Bertz CT molecular complexity index is 1220. The van der Waals surface area contributed by atoms with Crippen LogP contribution in [0.5, 0.6) is 0 Å². The fourth-order valence-corrected chi connectivity index (χ4v) is 4.15. The molecule has 4 heteroatoms. The molecule has 1 N–H and O–H groups in total. The molecule has 4 nitrogen and oxygen atoms in total. The van der Waals surface area contributed by atoms with Gasteiger partial charge in [-0.15, -0.1) is 5.10 Å². The minimum absolute atomic E-state index is 0.0424. The van der Waals surface area contributed by atoms with Gasteiger partial charge in [0.1, 0.15) is 0 Å². The number of hydrogen-bond acceptors (Lipinski definition) is 4. The van der Waals surface area contributed by atoms with Gasteiger partial charge in [-0.25, -0.2) is 5.01 Å². The maximum atomic E-state index is 9.44. The molecule has 0 fully saturated rings. The van der Waals surface area contributed by atoms with Crippen molar-refractivity contribution in [2.24, 2.45) is 5.10 Å². The summed E-state index contributed by atoms with van der Waals surface area (Å²) in [5.41, 5.74) is 6.29. The minimum atomic E-state index is 0.0424. The molecule has 0 spiro atoms. The number of fused-ring (bicyclic) bond motifs is 1. The third kappa shape index (κ3) is 3.66. The van der Waals surface area contributed by atoms with Crippen LogP contribution in [0.2, 0.25) is 0 Å². The zero-order valence-corrected chi connectivity index (χ0v) is 18.0. The number of amidine groups is 1. The van der Waals surface area contributed by atoms with E-state index in [1.807, 2.05) is 53.5 Å². The lowest BCUT2D eigenvalue weighted by molar-refractivity contribution is 0.282. The average Bonchev–Trinajstić information content (AvgIpc) is 2.88. The van der Waals surface area contributed by atoms with Gasteiger partial charge in [-0.05, 0) is 42.3 Å². The topological polar surface area (TPSA) is 39.1 Å². The Hall–Kier alpha value is -3.89. The molecule has 0 aliphatic carbocycles. The number of para-hydroxylation sites is 3. The number of hydrogen-bond donors (Lipinski definition) is 1. The van der Waals surface area contributed by atoms with Gasteiger partial charge in [0.05, 0.1) is 29.7 Å². The van der Waals surface area contributed by atoms with Crippen molar-refractivity contribution in [1.82, 2.24) is 0 Å². The number of aliphatic hydroxyl groups is 1. The molecular formula is C28H25N3O. The van der Waals surface area contributed by atoms with Crippen LogP contribution in [0.4, 0.5) is 17.1 Å². The Labute approximate surface area is 188 Å². The lowest BCUT2D eigenvalue weighted by atomic mass is 10.0. The molecule has 32 heavy (non-hydrogen) atoms. The largest absolute Gasteiger partial charge is 0.392 e. The van der Waals surface area contributed by atoms with Gasteiger partial charge in [0.25, 0.3) is 0 Å². The number of hydrazone groups is 1. The van der Waals surface area contributed by atoms with Crippen molar-refractivity contribution < 1.29 is 5.11 Å². The van der Waals surface area contributed by atoms with Gasteiger partial charge < -0.3 is 10.0 Å². The summed E-state index contributed by atoms with van der Waals surface area (Å²) in [6, 6.07) is 37.1. The van der Waals surface area contributed by atoms with Gasteiger partial charge in [-0.2, -0.15) is 0 Å². The molecule has 1 heterocycles. The van der Waals surface area contributed by atoms with Crippen molar-refractivity contribution >= 4 is 22.9 Å². The number of aliphatic hydroxyl groups excluding tert-OH is 1. The molecule has 0 bridgehead atoms. The van der Waals surface area contributed by atoms with Crippen LogP contribution in [0.15, 0.2) is 114 Å². The second kappa shape index (κ2) is 8.69. The summed E-state index contributed by atoms with van der Waals surface area (Å²) in [6.45, 7) is 2.24. The SMILES string of the molecule is CC(c1ccc(CO)cc1)N1C(c2ccccc2)=NN(c2ccccc2)c2ccccc21. The van der Waals surface area contributed by atoms with Gasteiger partial charge in [0, 0.05) is 5.56 Å². The van der Waals surface area contributed by atoms with Crippen LogP contribution in [-0.4, -0.2) is 10.9 Å². The number of nitrogens with zero attached hydrogens (tertiary/aromatic N) is 3. The molecule has 4 aromatic carbocycles. The van der Waals surface area contributed by atoms with E-state index in [9.17, 15) is 5.11 Å². The van der Waals surface area contributed by atoms with Crippen LogP contribution in [0, 0.1) is 0 Å². The van der Waals surface area contributed by atoms with E-state index in [1.54, 1.807) is 0 Å². The summed E-state index contributed by atoms with van der Waals surface area (Å²) in [5.74, 6) is 0.895. The highest BCUT2D eigenvalue weighted by atomic mass is 16.3. The number of rotatable bonds is 5. The Morgan fingerprint density at radius 3 is 1.97 bits per heavy atom. The minimum Gasteiger partial charge on any atom is -0.392 e. The third-order valence-electron chi connectivity index (χ3n) is 5.86. The smallest absolute Gasteiger partial charge is 0.161 e. The Kier molecular flexibility index (Phi) is 5.44. The molecule has 0 saturated heterocycles. The van der Waals surface area contributed by atoms with Crippen molar-refractivity contribution in [3.8, 4) is 0 Å². The van der Waals surface area contributed by atoms with Crippen molar-refractivity contribution in [3.63, 3.8) is 0 Å². The molecule has 0 aromatic heterocycles. The van der Waals surface area contributed by atoms with Gasteiger partial charge in [0.2, 0.25) is 0 Å². The summed E-state index contributed by atoms with van der Waals surface area (Å²) in [6.07, 6.45) is 0. The van der Waals surface area contributed by atoms with Crippen molar-refractivity contribution in [1.29, 1.82) is 0 Å². The van der Waals surface area contributed by atoms with Gasteiger partial charge in [0.15, 0.2) is 5.84 Å². The Morgan fingerprint density at radius 2 is 1.31 bits per heavy atom. The van der Waals surface area contributed by atoms with Crippen LogP contribution < -0.4 is 9.91 Å². The summed E-state index contributed by atoms with van der Waals surface area (Å²) in [7, 11) is 0. The van der Waals surface area contributed by atoms with Crippen molar-refractivity contribution in [3.05, 3.63) is 126 Å². The molecule has 1 atom stereocenters. The van der Waals surface area contributed by atoms with E-state index in [0.29, 0.717) is 0 Å².